The van der Waals surface area contributed by atoms with Gasteiger partial charge in [-0.2, -0.15) is 4.31 Å². The molecule has 0 aromatic heterocycles. The van der Waals surface area contributed by atoms with Crippen molar-refractivity contribution >= 4 is 44.8 Å². The highest BCUT2D eigenvalue weighted by atomic mass is 35.5. The van der Waals surface area contributed by atoms with Gasteiger partial charge in [0.15, 0.2) is 6.54 Å². The number of rotatable bonds is 5. The smallest absolute Gasteiger partial charge is 0.279 e. The average Bonchev–Trinajstić information content (AvgIpc) is 2.67. The van der Waals surface area contributed by atoms with Crippen LogP contribution in [0.1, 0.15) is 11.1 Å². The summed E-state index contributed by atoms with van der Waals surface area (Å²) in [7, 11) is -3.72. The van der Waals surface area contributed by atoms with Crippen LogP contribution in [0.5, 0.6) is 0 Å². The van der Waals surface area contributed by atoms with Gasteiger partial charge in [-0.15, -0.1) is 0 Å². The van der Waals surface area contributed by atoms with Crippen LogP contribution >= 0.6 is 23.2 Å². The van der Waals surface area contributed by atoms with Crippen LogP contribution in [0.2, 0.25) is 10.0 Å². The second-order valence-electron chi connectivity index (χ2n) is 7.25. The number of sulfonamides is 1. The number of nitrogens with zero attached hydrogens (tertiary/aromatic N) is 1. The molecule has 9 heteroatoms. The maximum atomic E-state index is 12.9. The summed E-state index contributed by atoms with van der Waals surface area (Å²) in [6, 6.07) is 10.2. The van der Waals surface area contributed by atoms with Gasteiger partial charge in [-0.3, -0.25) is 4.79 Å². The van der Waals surface area contributed by atoms with E-state index in [1.165, 1.54) is 22.0 Å². The molecule has 2 aromatic carbocycles. The van der Waals surface area contributed by atoms with E-state index in [1.807, 2.05) is 32.0 Å². The summed E-state index contributed by atoms with van der Waals surface area (Å²) in [6.45, 7) is 6.03. The van der Waals surface area contributed by atoms with Gasteiger partial charge in [-0.1, -0.05) is 29.3 Å². The standard InChI is InChI=1S/C20H23Cl2N3O3S/c1-14-3-5-17(11-15(14)2)23-20(26)13-24-7-9-25(10-8-24)29(27,28)19-12-16(21)4-6-18(19)22/h3-6,11-12H,7-10,13H2,1-2H3,(H,23,26)/p+1. The zero-order valence-corrected chi connectivity index (χ0v) is 18.7. The molecule has 6 nitrogen and oxygen atoms in total. The summed E-state index contributed by atoms with van der Waals surface area (Å²) in [6.07, 6.45) is 0. The van der Waals surface area contributed by atoms with E-state index in [1.54, 1.807) is 6.07 Å². The predicted molar refractivity (Wildman–Crippen MR) is 115 cm³/mol. The van der Waals surface area contributed by atoms with Gasteiger partial charge in [0.25, 0.3) is 5.91 Å². The Balaban J connectivity index is 1.58. The second kappa shape index (κ2) is 9.02. The van der Waals surface area contributed by atoms with E-state index in [-0.39, 0.29) is 15.8 Å². The Hall–Kier alpha value is -1.64. The minimum absolute atomic E-state index is 0.0163. The van der Waals surface area contributed by atoms with Crippen molar-refractivity contribution in [1.82, 2.24) is 4.31 Å². The third-order valence-electron chi connectivity index (χ3n) is 5.14. The van der Waals surface area contributed by atoms with Crippen LogP contribution in [-0.4, -0.2) is 51.4 Å². The fourth-order valence-electron chi connectivity index (χ4n) is 3.28. The Labute approximate surface area is 181 Å². The van der Waals surface area contributed by atoms with Crippen molar-refractivity contribution in [2.45, 2.75) is 18.7 Å². The first-order valence-corrected chi connectivity index (χ1v) is 11.5. The third-order valence-corrected chi connectivity index (χ3v) is 7.76. The number of halogens is 2. The van der Waals surface area contributed by atoms with Gasteiger partial charge in [0.1, 0.15) is 4.90 Å². The normalized spacial score (nSPS) is 16.0. The maximum absolute atomic E-state index is 12.9. The third kappa shape index (κ3) is 5.29. The molecule has 1 heterocycles. The molecule has 0 radical (unpaired) electrons. The van der Waals surface area contributed by atoms with Crippen LogP contribution in [0.25, 0.3) is 0 Å². The van der Waals surface area contributed by atoms with Crippen LogP contribution in [0, 0.1) is 13.8 Å². The summed E-state index contributed by atoms with van der Waals surface area (Å²) < 4.78 is 27.2. The summed E-state index contributed by atoms with van der Waals surface area (Å²) in [4.78, 5) is 13.4. The van der Waals surface area contributed by atoms with E-state index < -0.39 is 10.0 Å². The SMILES string of the molecule is Cc1ccc(NC(=O)C[NH+]2CCN(S(=O)(=O)c3cc(Cl)ccc3Cl)CC2)cc1C. The zero-order valence-electron chi connectivity index (χ0n) is 16.3. The molecular formula is C20H24Cl2N3O3S+. The number of aryl methyl sites for hydroxylation is 2. The fraction of sp³-hybridized carbons (Fsp3) is 0.350. The lowest BCUT2D eigenvalue weighted by molar-refractivity contribution is -0.895. The van der Waals surface area contributed by atoms with E-state index in [4.69, 9.17) is 23.2 Å². The van der Waals surface area contributed by atoms with Gasteiger partial charge in [0.05, 0.1) is 31.2 Å². The van der Waals surface area contributed by atoms with Crippen molar-refractivity contribution < 1.29 is 18.1 Å². The molecule has 1 amide bonds. The van der Waals surface area contributed by atoms with Crippen molar-refractivity contribution in [3.63, 3.8) is 0 Å². The molecule has 2 N–H and O–H groups in total. The van der Waals surface area contributed by atoms with Gasteiger partial charge in [0.2, 0.25) is 10.0 Å². The summed E-state index contributed by atoms with van der Waals surface area (Å²) in [5.74, 6) is -0.0857. The Kier molecular flexibility index (Phi) is 6.86. The number of carbonyl (C=O) groups excluding carboxylic acids is 1. The van der Waals surface area contributed by atoms with Gasteiger partial charge in [0, 0.05) is 10.7 Å². The largest absolute Gasteiger partial charge is 0.325 e. The Bertz CT molecular complexity index is 1020. The van der Waals surface area contributed by atoms with Gasteiger partial charge >= 0.3 is 0 Å². The Morgan fingerprint density at radius 3 is 2.41 bits per heavy atom. The molecule has 0 saturated carbocycles. The Morgan fingerprint density at radius 2 is 1.76 bits per heavy atom. The van der Waals surface area contributed by atoms with Crippen molar-refractivity contribution in [2.24, 2.45) is 0 Å². The van der Waals surface area contributed by atoms with Gasteiger partial charge < -0.3 is 10.2 Å². The number of benzene rings is 2. The van der Waals surface area contributed by atoms with E-state index in [0.717, 1.165) is 16.2 Å². The lowest BCUT2D eigenvalue weighted by Crippen LogP contribution is -3.15. The molecule has 156 valence electrons. The van der Waals surface area contributed by atoms with Crippen molar-refractivity contribution in [3.05, 3.63) is 57.6 Å². The molecule has 29 heavy (non-hydrogen) atoms. The van der Waals surface area contributed by atoms with E-state index in [2.05, 4.69) is 5.32 Å². The number of amides is 1. The summed E-state index contributed by atoms with van der Waals surface area (Å²) >= 11 is 12.0. The molecule has 1 fully saturated rings. The molecule has 3 rings (SSSR count). The highest BCUT2D eigenvalue weighted by Gasteiger charge is 2.32. The molecule has 2 aromatic rings. The highest BCUT2D eigenvalue weighted by Crippen LogP contribution is 2.27. The van der Waals surface area contributed by atoms with E-state index in [0.29, 0.717) is 37.7 Å². The Morgan fingerprint density at radius 1 is 1.07 bits per heavy atom. The van der Waals surface area contributed by atoms with Crippen LogP contribution in [-0.2, 0) is 14.8 Å². The second-order valence-corrected chi connectivity index (χ2v) is 10.0. The fourth-order valence-corrected chi connectivity index (χ4v) is 5.46. The van der Waals surface area contributed by atoms with Crippen LogP contribution < -0.4 is 10.2 Å². The van der Waals surface area contributed by atoms with Crippen molar-refractivity contribution in [1.29, 1.82) is 0 Å². The zero-order chi connectivity index (χ0) is 21.2. The quantitative estimate of drug-likeness (QED) is 0.723. The number of anilines is 1. The topological polar surface area (TPSA) is 70.9 Å². The van der Waals surface area contributed by atoms with Crippen LogP contribution in [0.3, 0.4) is 0 Å². The highest BCUT2D eigenvalue weighted by molar-refractivity contribution is 7.89. The molecule has 1 aliphatic heterocycles. The van der Waals surface area contributed by atoms with Crippen LogP contribution in [0.15, 0.2) is 41.3 Å². The number of hydrogen-bond donors (Lipinski definition) is 2. The number of nitrogens with one attached hydrogen (secondary N) is 2. The number of quaternary nitrogens is 1. The average molecular weight is 457 g/mol. The molecule has 0 atom stereocenters. The lowest BCUT2D eigenvalue weighted by Gasteiger charge is -2.31. The van der Waals surface area contributed by atoms with E-state index >= 15 is 0 Å². The first-order chi connectivity index (χ1) is 13.7. The molecule has 1 saturated heterocycles. The molecule has 0 unspecified atom stereocenters. The monoisotopic (exact) mass is 456 g/mol. The molecular weight excluding hydrogens is 433 g/mol. The molecule has 0 spiro atoms. The maximum Gasteiger partial charge on any atom is 0.279 e. The van der Waals surface area contributed by atoms with Crippen molar-refractivity contribution in [2.75, 3.05) is 38.0 Å². The number of piperazine rings is 1. The lowest BCUT2D eigenvalue weighted by atomic mass is 10.1. The van der Waals surface area contributed by atoms with Gasteiger partial charge in [-0.25, -0.2) is 8.42 Å². The predicted octanol–water partition coefficient (Wildman–Crippen LogP) is 2.14. The van der Waals surface area contributed by atoms with Crippen molar-refractivity contribution in [3.8, 4) is 0 Å². The number of carbonyl (C=O) groups is 1. The summed E-state index contributed by atoms with van der Waals surface area (Å²) in [5, 5.41) is 3.38. The minimum Gasteiger partial charge on any atom is -0.325 e. The molecule has 1 aliphatic rings. The first kappa shape index (κ1) is 22.1. The number of hydrogen-bond acceptors (Lipinski definition) is 3. The molecule has 0 aliphatic carbocycles. The summed E-state index contributed by atoms with van der Waals surface area (Å²) in [5.41, 5.74) is 3.06. The van der Waals surface area contributed by atoms with Crippen LogP contribution in [0.4, 0.5) is 5.69 Å². The first-order valence-electron chi connectivity index (χ1n) is 9.32. The van der Waals surface area contributed by atoms with E-state index in [9.17, 15) is 13.2 Å². The minimum atomic E-state index is -3.72. The van der Waals surface area contributed by atoms with Gasteiger partial charge in [-0.05, 0) is 55.3 Å². The molecule has 0 bridgehead atoms.